The van der Waals surface area contributed by atoms with Gasteiger partial charge in [-0.1, -0.05) is 13.8 Å². The summed E-state index contributed by atoms with van der Waals surface area (Å²) < 4.78 is 0. The summed E-state index contributed by atoms with van der Waals surface area (Å²) in [4.78, 5) is 38.7. The van der Waals surface area contributed by atoms with Crippen molar-refractivity contribution in [3.05, 3.63) is 0 Å². The number of carbonyl (C=O) groups excluding carboxylic acids is 2. The van der Waals surface area contributed by atoms with Gasteiger partial charge in [-0.05, 0) is 24.7 Å². The second-order valence-corrected chi connectivity index (χ2v) is 6.43. The minimum atomic E-state index is -0.979. The van der Waals surface area contributed by atoms with Gasteiger partial charge in [-0.2, -0.15) is 0 Å². The average Bonchev–Trinajstić information content (AvgIpc) is 2.60. The molecule has 2 rings (SSSR count). The second-order valence-electron chi connectivity index (χ2n) is 6.43. The van der Waals surface area contributed by atoms with E-state index in [1.807, 2.05) is 13.8 Å². The monoisotopic (exact) mass is 297 g/mol. The predicted octanol–water partition coefficient (Wildman–Crippen LogP) is 0.504. The first-order valence-corrected chi connectivity index (χ1v) is 7.38. The van der Waals surface area contributed by atoms with E-state index in [9.17, 15) is 19.5 Å². The molecule has 0 bridgehead atoms. The lowest BCUT2D eigenvalue weighted by molar-refractivity contribution is -0.148. The van der Waals surface area contributed by atoms with Crippen LogP contribution in [0.4, 0.5) is 4.79 Å². The third-order valence-corrected chi connectivity index (χ3v) is 4.28. The van der Waals surface area contributed by atoms with Crippen molar-refractivity contribution >= 4 is 17.9 Å². The summed E-state index contributed by atoms with van der Waals surface area (Å²) in [6.07, 6.45) is 2.24. The van der Waals surface area contributed by atoms with Crippen LogP contribution in [0.15, 0.2) is 0 Å². The summed E-state index contributed by atoms with van der Waals surface area (Å²) >= 11 is 0. The lowest BCUT2D eigenvalue weighted by atomic mass is 9.76. The molecule has 3 amide bonds. The van der Waals surface area contributed by atoms with Gasteiger partial charge < -0.3 is 20.2 Å². The summed E-state index contributed by atoms with van der Waals surface area (Å²) in [5.74, 6) is -1.17. The molecule has 2 aliphatic heterocycles. The zero-order valence-electron chi connectivity index (χ0n) is 12.6. The van der Waals surface area contributed by atoms with Gasteiger partial charge in [0.1, 0.15) is 12.6 Å². The number of hydrogen-bond donors (Lipinski definition) is 2. The van der Waals surface area contributed by atoms with Crippen molar-refractivity contribution < 1.29 is 19.5 Å². The molecular formula is C14H23N3O4. The Kier molecular flexibility index (Phi) is 4.39. The molecule has 118 valence electrons. The number of aliphatic carboxylic acids is 1. The van der Waals surface area contributed by atoms with E-state index in [0.29, 0.717) is 26.1 Å². The van der Waals surface area contributed by atoms with Crippen molar-refractivity contribution in [1.29, 1.82) is 0 Å². The van der Waals surface area contributed by atoms with Crippen molar-refractivity contribution in [1.82, 2.24) is 15.1 Å². The Morgan fingerprint density at radius 2 is 2.00 bits per heavy atom. The van der Waals surface area contributed by atoms with E-state index < -0.39 is 17.4 Å². The zero-order chi connectivity index (χ0) is 15.6. The van der Waals surface area contributed by atoms with Gasteiger partial charge in [-0.15, -0.1) is 0 Å². The number of likely N-dealkylation sites (tertiary alicyclic amines) is 1. The van der Waals surface area contributed by atoms with E-state index in [1.165, 1.54) is 9.80 Å². The van der Waals surface area contributed by atoms with Gasteiger partial charge in [0.15, 0.2) is 0 Å². The van der Waals surface area contributed by atoms with Gasteiger partial charge >= 0.3 is 12.0 Å². The molecule has 0 aromatic heterocycles. The van der Waals surface area contributed by atoms with Crippen LogP contribution >= 0.6 is 0 Å². The van der Waals surface area contributed by atoms with Gasteiger partial charge in [0.25, 0.3) is 0 Å². The first-order chi connectivity index (χ1) is 9.83. The molecule has 0 aromatic rings. The molecule has 21 heavy (non-hydrogen) atoms. The number of urea groups is 1. The van der Waals surface area contributed by atoms with Gasteiger partial charge in [-0.25, -0.2) is 9.59 Å². The molecule has 2 heterocycles. The Balaban J connectivity index is 2.19. The third kappa shape index (κ3) is 3.28. The van der Waals surface area contributed by atoms with Crippen molar-refractivity contribution in [2.45, 2.75) is 39.2 Å². The van der Waals surface area contributed by atoms with Crippen molar-refractivity contribution in [2.24, 2.45) is 5.41 Å². The van der Waals surface area contributed by atoms with E-state index >= 15 is 0 Å². The van der Waals surface area contributed by atoms with Crippen molar-refractivity contribution in [3.63, 3.8) is 0 Å². The Hall–Kier alpha value is -1.79. The highest BCUT2D eigenvalue weighted by Crippen LogP contribution is 2.35. The predicted molar refractivity (Wildman–Crippen MR) is 75.7 cm³/mol. The molecule has 7 nitrogen and oxygen atoms in total. The fraction of sp³-hybridized carbons (Fsp3) is 0.786. The number of nitrogens with zero attached hydrogens (tertiary/aromatic N) is 2. The van der Waals surface area contributed by atoms with Crippen LogP contribution in [-0.4, -0.2) is 65.0 Å². The van der Waals surface area contributed by atoms with Gasteiger partial charge in [0.2, 0.25) is 5.91 Å². The summed E-state index contributed by atoms with van der Waals surface area (Å²) in [7, 11) is 0. The topological polar surface area (TPSA) is 90.0 Å². The maximum atomic E-state index is 12.7. The van der Waals surface area contributed by atoms with Crippen LogP contribution in [-0.2, 0) is 9.59 Å². The summed E-state index contributed by atoms with van der Waals surface area (Å²) in [6.45, 7) is 5.21. The van der Waals surface area contributed by atoms with Gasteiger partial charge in [0.05, 0.1) is 0 Å². The minimum absolute atomic E-state index is 0.00208. The molecule has 2 N–H and O–H groups in total. The molecule has 0 aromatic carbocycles. The largest absolute Gasteiger partial charge is 0.480 e. The molecule has 0 radical (unpaired) electrons. The van der Waals surface area contributed by atoms with Crippen molar-refractivity contribution in [2.75, 3.05) is 26.2 Å². The second kappa shape index (κ2) is 5.91. The van der Waals surface area contributed by atoms with Crippen LogP contribution in [0.3, 0.4) is 0 Å². The third-order valence-electron chi connectivity index (χ3n) is 4.28. The number of carboxylic acids is 1. The molecule has 1 unspecified atom stereocenters. The summed E-state index contributed by atoms with van der Waals surface area (Å²) in [6, 6.07) is -1.18. The highest BCUT2D eigenvalue weighted by Gasteiger charge is 2.45. The Morgan fingerprint density at radius 3 is 2.67 bits per heavy atom. The van der Waals surface area contributed by atoms with E-state index in [2.05, 4.69) is 5.32 Å². The highest BCUT2D eigenvalue weighted by atomic mass is 16.4. The number of rotatable bonds is 1. The van der Waals surface area contributed by atoms with Crippen molar-refractivity contribution in [3.8, 4) is 0 Å². The van der Waals surface area contributed by atoms with Crippen LogP contribution < -0.4 is 5.32 Å². The number of carbonyl (C=O) groups is 3. The van der Waals surface area contributed by atoms with E-state index in [-0.39, 0.29) is 18.5 Å². The highest BCUT2D eigenvalue weighted by molar-refractivity contribution is 5.87. The maximum absolute atomic E-state index is 12.7. The quantitative estimate of drug-likeness (QED) is 0.737. The molecular weight excluding hydrogens is 274 g/mol. The van der Waals surface area contributed by atoms with Gasteiger partial charge in [0, 0.05) is 19.6 Å². The van der Waals surface area contributed by atoms with Crippen LogP contribution in [0.25, 0.3) is 0 Å². The standard InChI is InChI=1S/C14H23N3O4/c1-14(2)5-3-8-17(11(14)12(19)20)13(21)16-7-4-6-15-10(18)9-16/h11H,3-9H2,1-2H3,(H,15,18)(H,19,20). The maximum Gasteiger partial charge on any atom is 0.327 e. The fourth-order valence-electron chi connectivity index (χ4n) is 3.22. The SMILES string of the molecule is CC1(C)CCCN(C(=O)N2CCCNC(=O)C2)C1C(=O)O. The van der Waals surface area contributed by atoms with Crippen LogP contribution in [0.2, 0.25) is 0 Å². The van der Waals surface area contributed by atoms with Crippen LogP contribution in [0.1, 0.15) is 33.1 Å². The lowest BCUT2D eigenvalue weighted by Gasteiger charge is -2.45. The van der Waals surface area contributed by atoms with Crippen LogP contribution in [0.5, 0.6) is 0 Å². The smallest absolute Gasteiger partial charge is 0.327 e. The average molecular weight is 297 g/mol. The number of nitrogens with one attached hydrogen (secondary N) is 1. The number of carboxylic acid groups (broad SMARTS) is 1. The molecule has 2 aliphatic rings. The van der Waals surface area contributed by atoms with Crippen LogP contribution in [0, 0.1) is 5.41 Å². The minimum Gasteiger partial charge on any atom is -0.480 e. The molecule has 0 saturated carbocycles. The van der Waals surface area contributed by atoms with E-state index in [4.69, 9.17) is 0 Å². The molecule has 2 fully saturated rings. The summed E-state index contributed by atoms with van der Waals surface area (Å²) in [5.41, 5.74) is -0.464. The lowest BCUT2D eigenvalue weighted by Crippen LogP contribution is -2.59. The molecule has 0 aliphatic carbocycles. The first-order valence-electron chi connectivity index (χ1n) is 7.38. The zero-order valence-corrected chi connectivity index (χ0v) is 12.6. The Bertz CT molecular complexity index is 450. The number of amides is 3. The first kappa shape index (κ1) is 15.6. The summed E-state index contributed by atoms with van der Waals surface area (Å²) in [5, 5.41) is 12.2. The van der Waals surface area contributed by atoms with Gasteiger partial charge in [-0.3, -0.25) is 4.79 Å². The molecule has 7 heteroatoms. The normalized spacial score (nSPS) is 26.0. The molecule has 1 atom stereocenters. The van der Waals surface area contributed by atoms with E-state index in [1.54, 1.807) is 0 Å². The Morgan fingerprint density at radius 1 is 1.29 bits per heavy atom. The number of hydrogen-bond acceptors (Lipinski definition) is 3. The molecule has 2 saturated heterocycles. The fourth-order valence-corrected chi connectivity index (χ4v) is 3.22. The van der Waals surface area contributed by atoms with E-state index in [0.717, 1.165) is 12.8 Å². The Labute approximate surface area is 124 Å². The number of piperidine rings is 1. The molecule has 0 spiro atoms.